The van der Waals surface area contributed by atoms with Crippen LogP contribution in [0.25, 0.3) is 16.6 Å². The number of likely N-dealkylation sites (tertiary alicyclic amines) is 1. The number of aromatic nitrogens is 4. The van der Waals surface area contributed by atoms with E-state index in [0.717, 1.165) is 18.2 Å². The number of fused-ring (bicyclic) bond motifs is 1. The van der Waals surface area contributed by atoms with E-state index in [-0.39, 0.29) is 24.8 Å². The summed E-state index contributed by atoms with van der Waals surface area (Å²) in [7, 11) is 0. The summed E-state index contributed by atoms with van der Waals surface area (Å²) in [6.45, 7) is 7.19. The number of aryl methyl sites for hydroxylation is 1. The van der Waals surface area contributed by atoms with Gasteiger partial charge in [0, 0.05) is 12.7 Å². The first-order valence-corrected chi connectivity index (χ1v) is 8.96. The first-order valence-electron chi connectivity index (χ1n) is 8.96. The molecule has 0 spiro atoms. The Bertz CT molecular complexity index is 791. The van der Waals surface area contributed by atoms with E-state index < -0.39 is 0 Å². The summed E-state index contributed by atoms with van der Waals surface area (Å²) in [6.07, 6.45) is 9.61. The monoisotopic (exact) mass is 395 g/mol. The molecular weight excluding hydrogens is 369 g/mol. The van der Waals surface area contributed by atoms with Crippen LogP contribution < -0.4 is 0 Å². The molecule has 1 aromatic carbocycles. The zero-order chi connectivity index (χ0) is 16.4. The van der Waals surface area contributed by atoms with E-state index in [1.807, 2.05) is 4.57 Å². The van der Waals surface area contributed by atoms with Gasteiger partial charge in [0.25, 0.3) is 0 Å². The Labute approximate surface area is 167 Å². The average Bonchev–Trinajstić information content (AvgIpc) is 3.26. The third kappa shape index (κ3) is 4.58. The third-order valence-corrected chi connectivity index (χ3v) is 5.22. The van der Waals surface area contributed by atoms with Crippen LogP contribution in [-0.2, 0) is 6.54 Å². The highest BCUT2D eigenvalue weighted by Crippen LogP contribution is 2.21. The number of hydrogen-bond acceptors (Lipinski definition) is 3. The second-order valence-corrected chi connectivity index (χ2v) is 7.00. The number of hydrogen-bond donors (Lipinski definition) is 0. The highest BCUT2D eigenvalue weighted by Gasteiger charge is 2.15. The maximum atomic E-state index is 3.90. The molecule has 0 radical (unpaired) electrons. The van der Waals surface area contributed by atoms with Crippen LogP contribution in [-0.4, -0.2) is 43.9 Å². The quantitative estimate of drug-likeness (QED) is 0.649. The molecule has 3 aromatic rings. The van der Waals surface area contributed by atoms with Crippen molar-refractivity contribution in [3.63, 3.8) is 0 Å². The second kappa shape index (κ2) is 9.40. The minimum absolute atomic E-state index is 0. The Hall–Kier alpha value is -1.56. The largest absolute Gasteiger partial charge is 0.347 e. The molecule has 0 N–H and O–H groups in total. The van der Waals surface area contributed by atoms with Gasteiger partial charge in [-0.05, 0) is 68.4 Å². The van der Waals surface area contributed by atoms with E-state index in [2.05, 4.69) is 57.1 Å². The molecular formula is C19H27Cl2N5. The number of piperidine rings is 1. The van der Waals surface area contributed by atoms with Gasteiger partial charge in [-0.2, -0.15) is 0 Å². The molecule has 26 heavy (non-hydrogen) atoms. The van der Waals surface area contributed by atoms with Gasteiger partial charge < -0.3 is 9.47 Å². The third-order valence-electron chi connectivity index (χ3n) is 5.22. The molecule has 1 fully saturated rings. The van der Waals surface area contributed by atoms with Crippen molar-refractivity contribution >= 4 is 35.7 Å². The Morgan fingerprint density at radius 1 is 1.00 bits per heavy atom. The van der Waals surface area contributed by atoms with Gasteiger partial charge in [0.15, 0.2) is 0 Å². The average molecular weight is 396 g/mol. The van der Waals surface area contributed by atoms with Gasteiger partial charge in [-0.1, -0.05) is 13.0 Å². The summed E-state index contributed by atoms with van der Waals surface area (Å²) in [4.78, 5) is 2.62. The van der Waals surface area contributed by atoms with Crippen LogP contribution in [0.15, 0.2) is 43.1 Å². The molecule has 0 amide bonds. The maximum Gasteiger partial charge on any atom is 0.123 e. The number of halogens is 2. The first-order chi connectivity index (χ1) is 11.8. The van der Waals surface area contributed by atoms with Crippen LogP contribution in [0.1, 0.15) is 26.2 Å². The molecule has 1 aliphatic rings. The van der Waals surface area contributed by atoms with Crippen LogP contribution in [0.3, 0.4) is 0 Å². The molecule has 5 nitrogen and oxygen atoms in total. The van der Waals surface area contributed by atoms with Gasteiger partial charge in [-0.25, -0.2) is 0 Å². The van der Waals surface area contributed by atoms with Crippen molar-refractivity contribution in [2.45, 2.75) is 32.7 Å². The Morgan fingerprint density at radius 3 is 2.46 bits per heavy atom. The van der Waals surface area contributed by atoms with Gasteiger partial charge in [0.05, 0.1) is 11.2 Å². The van der Waals surface area contributed by atoms with Crippen LogP contribution in [0.2, 0.25) is 0 Å². The predicted octanol–water partition coefficient (Wildman–Crippen LogP) is 4.19. The van der Waals surface area contributed by atoms with Crippen LogP contribution in [0.5, 0.6) is 0 Å². The normalized spacial score (nSPS) is 15.6. The predicted molar refractivity (Wildman–Crippen MR) is 111 cm³/mol. The van der Waals surface area contributed by atoms with Crippen LogP contribution >= 0.6 is 24.8 Å². The summed E-state index contributed by atoms with van der Waals surface area (Å²) in [5.41, 5.74) is 2.39. The lowest BCUT2D eigenvalue weighted by atomic mass is 9.99. The zero-order valence-electron chi connectivity index (χ0n) is 15.1. The number of nitrogens with zero attached hydrogens (tertiary/aromatic N) is 5. The molecule has 0 bridgehead atoms. The summed E-state index contributed by atoms with van der Waals surface area (Å²) >= 11 is 0. The van der Waals surface area contributed by atoms with Crippen molar-refractivity contribution in [2.24, 2.45) is 5.92 Å². The Balaban J connectivity index is 0.00000121. The molecule has 142 valence electrons. The molecule has 0 saturated carbocycles. The fraction of sp³-hybridized carbons (Fsp3) is 0.474. The van der Waals surface area contributed by atoms with E-state index in [9.17, 15) is 0 Å². The van der Waals surface area contributed by atoms with Crippen molar-refractivity contribution in [1.29, 1.82) is 0 Å². The minimum Gasteiger partial charge on any atom is -0.347 e. The lowest BCUT2D eigenvalue weighted by molar-refractivity contribution is 0.188. The molecule has 1 saturated heterocycles. The van der Waals surface area contributed by atoms with Gasteiger partial charge in [0.1, 0.15) is 12.7 Å². The summed E-state index contributed by atoms with van der Waals surface area (Å²) in [5.74, 6) is 0.908. The Morgan fingerprint density at radius 2 is 1.73 bits per heavy atom. The van der Waals surface area contributed by atoms with Crippen molar-refractivity contribution in [3.8, 4) is 5.69 Å². The lowest BCUT2D eigenvalue weighted by Gasteiger charge is -2.30. The number of rotatable bonds is 5. The Kier molecular flexibility index (Phi) is 7.50. The molecule has 0 unspecified atom stereocenters. The standard InChI is InChI=1S/C19H25N5.2ClH/c1-16-5-10-22(11-6-16)8-2-9-23-12-7-17-3-4-18(13-19(17)23)24-14-20-21-15-24;;/h3-4,7,12-16H,2,5-6,8-11H2,1H3;2*1H. The van der Waals surface area contributed by atoms with Crippen LogP contribution in [0, 0.1) is 5.92 Å². The van der Waals surface area contributed by atoms with Gasteiger partial charge in [0.2, 0.25) is 0 Å². The van der Waals surface area contributed by atoms with Gasteiger partial charge in [-0.15, -0.1) is 35.0 Å². The maximum absolute atomic E-state index is 3.90. The summed E-state index contributed by atoms with van der Waals surface area (Å²) in [6, 6.07) is 8.72. The van der Waals surface area contributed by atoms with Gasteiger partial charge in [-0.3, -0.25) is 4.57 Å². The van der Waals surface area contributed by atoms with Crippen LogP contribution in [0.4, 0.5) is 0 Å². The van der Waals surface area contributed by atoms with E-state index in [1.54, 1.807) is 12.7 Å². The van der Waals surface area contributed by atoms with Crippen molar-refractivity contribution < 1.29 is 0 Å². The minimum atomic E-state index is 0. The van der Waals surface area contributed by atoms with E-state index in [4.69, 9.17) is 0 Å². The first kappa shape index (κ1) is 20.7. The molecule has 1 aliphatic heterocycles. The summed E-state index contributed by atoms with van der Waals surface area (Å²) < 4.78 is 4.32. The molecule has 7 heteroatoms. The smallest absolute Gasteiger partial charge is 0.123 e. The highest BCUT2D eigenvalue weighted by molar-refractivity contribution is 5.85. The highest BCUT2D eigenvalue weighted by atomic mass is 35.5. The van der Waals surface area contributed by atoms with E-state index in [1.165, 1.54) is 49.8 Å². The van der Waals surface area contributed by atoms with E-state index >= 15 is 0 Å². The molecule has 4 rings (SSSR count). The van der Waals surface area contributed by atoms with Crippen molar-refractivity contribution in [3.05, 3.63) is 43.1 Å². The molecule has 0 atom stereocenters. The zero-order valence-corrected chi connectivity index (χ0v) is 16.8. The SMILES string of the molecule is CC1CCN(CCCn2ccc3ccc(-n4cnnc4)cc32)CC1.Cl.Cl. The fourth-order valence-electron chi connectivity index (χ4n) is 3.61. The topological polar surface area (TPSA) is 38.9 Å². The van der Waals surface area contributed by atoms with E-state index in [0.29, 0.717) is 0 Å². The fourth-order valence-corrected chi connectivity index (χ4v) is 3.61. The summed E-state index contributed by atoms with van der Waals surface area (Å²) in [5, 5.41) is 9.08. The lowest BCUT2D eigenvalue weighted by Crippen LogP contribution is -2.33. The molecule has 0 aliphatic carbocycles. The second-order valence-electron chi connectivity index (χ2n) is 7.00. The van der Waals surface area contributed by atoms with Crippen molar-refractivity contribution in [1.82, 2.24) is 24.2 Å². The number of benzene rings is 1. The molecule has 3 heterocycles. The van der Waals surface area contributed by atoms with Crippen molar-refractivity contribution in [2.75, 3.05) is 19.6 Å². The molecule has 2 aromatic heterocycles. The van der Waals surface area contributed by atoms with Gasteiger partial charge >= 0.3 is 0 Å².